The van der Waals surface area contributed by atoms with Crippen LogP contribution >= 0.6 is 0 Å². The van der Waals surface area contributed by atoms with Crippen molar-refractivity contribution in [3.8, 4) is 0 Å². The number of hydrogen-bond acceptors (Lipinski definition) is 3. The van der Waals surface area contributed by atoms with Gasteiger partial charge in [-0.3, -0.25) is 14.5 Å². The number of rotatable bonds is 3. The quantitative estimate of drug-likeness (QED) is 0.688. The van der Waals surface area contributed by atoms with Gasteiger partial charge in [-0.15, -0.1) is 0 Å². The fourth-order valence-electron chi connectivity index (χ4n) is 3.50. The summed E-state index contributed by atoms with van der Waals surface area (Å²) in [6, 6.07) is 8.30. The van der Waals surface area contributed by atoms with Gasteiger partial charge in [-0.1, -0.05) is 50.1 Å². The average Bonchev–Trinajstić information content (AvgIpc) is 2.76. The van der Waals surface area contributed by atoms with Crippen molar-refractivity contribution >= 4 is 17.7 Å². The van der Waals surface area contributed by atoms with Gasteiger partial charge >= 0.3 is 6.03 Å². The topological polar surface area (TPSA) is 66.5 Å². The highest BCUT2D eigenvalue weighted by Gasteiger charge is 2.55. The van der Waals surface area contributed by atoms with E-state index in [-0.39, 0.29) is 24.2 Å². The standard InChI is InChI=1S/C17H20N2O3/c1-12-7-5-6-10-17(12)15(21)19(16(22)18-17)11-14(20)13-8-3-2-4-9-13/h2-4,8-9,12H,5-7,10-11H2,1H3,(H,18,22)/t12-,17+/m0/s1. The van der Waals surface area contributed by atoms with Gasteiger partial charge < -0.3 is 5.32 Å². The van der Waals surface area contributed by atoms with Crippen LogP contribution in [0.25, 0.3) is 0 Å². The molecule has 2 aliphatic rings. The van der Waals surface area contributed by atoms with E-state index < -0.39 is 11.6 Å². The molecule has 22 heavy (non-hydrogen) atoms. The van der Waals surface area contributed by atoms with Gasteiger partial charge in [-0.2, -0.15) is 0 Å². The molecule has 3 amide bonds. The summed E-state index contributed by atoms with van der Waals surface area (Å²) in [5.41, 5.74) is -0.285. The molecular formula is C17H20N2O3. The van der Waals surface area contributed by atoms with E-state index in [0.717, 1.165) is 24.2 Å². The molecule has 0 unspecified atom stereocenters. The van der Waals surface area contributed by atoms with Crippen LogP contribution in [0.15, 0.2) is 30.3 Å². The lowest BCUT2D eigenvalue weighted by atomic mass is 9.73. The molecular weight excluding hydrogens is 280 g/mol. The van der Waals surface area contributed by atoms with E-state index >= 15 is 0 Å². The summed E-state index contributed by atoms with van der Waals surface area (Å²) in [6.07, 6.45) is 3.59. The van der Waals surface area contributed by atoms with Gasteiger partial charge in [0.2, 0.25) is 0 Å². The molecule has 2 fully saturated rings. The number of imide groups is 1. The fourth-order valence-corrected chi connectivity index (χ4v) is 3.50. The minimum Gasteiger partial charge on any atom is -0.323 e. The highest BCUT2D eigenvalue weighted by Crippen LogP contribution is 2.38. The Morgan fingerprint density at radius 2 is 2.00 bits per heavy atom. The molecule has 3 rings (SSSR count). The van der Waals surface area contributed by atoms with Crippen molar-refractivity contribution in [2.45, 2.75) is 38.1 Å². The number of urea groups is 1. The lowest BCUT2D eigenvalue weighted by Crippen LogP contribution is -2.54. The number of carbonyl (C=O) groups excluding carboxylic acids is 3. The summed E-state index contributed by atoms with van der Waals surface area (Å²) in [7, 11) is 0. The van der Waals surface area contributed by atoms with Crippen LogP contribution in [0, 0.1) is 5.92 Å². The monoisotopic (exact) mass is 300 g/mol. The summed E-state index contributed by atoms with van der Waals surface area (Å²) < 4.78 is 0. The molecule has 116 valence electrons. The normalized spacial score (nSPS) is 28.0. The number of Topliss-reactive ketones (excluding diaryl/α,β-unsaturated/α-hetero) is 1. The second-order valence-electron chi connectivity index (χ2n) is 6.23. The molecule has 1 aliphatic heterocycles. The Hall–Kier alpha value is -2.17. The van der Waals surface area contributed by atoms with Crippen molar-refractivity contribution in [3.05, 3.63) is 35.9 Å². The summed E-state index contributed by atoms with van der Waals surface area (Å²) in [6.45, 7) is 1.81. The number of ketones is 1. The van der Waals surface area contributed by atoms with Crippen molar-refractivity contribution in [2.75, 3.05) is 6.54 Å². The van der Waals surface area contributed by atoms with Crippen LogP contribution < -0.4 is 5.32 Å². The zero-order chi connectivity index (χ0) is 15.7. The molecule has 0 aromatic heterocycles. The molecule has 5 nitrogen and oxygen atoms in total. The van der Waals surface area contributed by atoms with E-state index in [1.807, 2.05) is 13.0 Å². The third kappa shape index (κ3) is 2.30. The lowest BCUT2D eigenvalue weighted by molar-refractivity contribution is -0.133. The van der Waals surface area contributed by atoms with E-state index in [0.29, 0.717) is 12.0 Å². The van der Waals surface area contributed by atoms with E-state index in [4.69, 9.17) is 0 Å². The first-order valence-electron chi connectivity index (χ1n) is 7.77. The summed E-state index contributed by atoms with van der Waals surface area (Å²) >= 11 is 0. The SMILES string of the molecule is C[C@H]1CCCC[C@@]12NC(=O)N(CC(=O)c1ccccc1)C2=O. The van der Waals surface area contributed by atoms with E-state index in [9.17, 15) is 14.4 Å². The van der Waals surface area contributed by atoms with Crippen LogP contribution in [0.4, 0.5) is 4.79 Å². The smallest absolute Gasteiger partial charge is 0.323 e. The number of nitrogens with one attached hydrogen (secondary N) is 1. The number of carbonyl (C=O) groups is 3. The molecule has 1 aromatic carbocycles. The predicted molar refractivity (Wildman–Crippen MR) is 81.4 cm³/mol. The molecule has 0 bridgehead atoms. The largest absolute Gasteiger partial charge is 0.325 e. The van der Waals surface area contributed by atoms with Crippen molar-refractivity contribution in [3.63, 3.8) is 0 Å². The Labute approximate surface area is 129 Å². The van der Waals surface area contributed by atoms with Gasteiger partial charge in [-0.25, -0.2) is 4.79 Å². The Bertz CT molecular complexity index is 614. The minimum atomic E-state index is -0.799. The maximum atomic E-state index is 12.8. The number of amides is 3. The van der Waals surface area contributed by atoms with Crippen molar-refractivity contribution in [1.82, 2.24) is 10.2 Å². The molecule has 0 radical (unpaired) electrons. The van der Waals surface area contributed by atoms with Crippen molar-refractivity contribution in [2.24, 2.45) is 5.92 Å². The minimum absolute atomic E-state index is 0.106. The fraction of sp³-hybridized carbons (Fsp3) is 0.471. The molecule has 1 spiro atoms. The van der Waals surface area contributed by atoms with Gasteiger partial charge in [0.05, 0.1) is 6.54 Å². The van der Waals surface area contributed by atoms with Crippen LogP contribution in [0.5, 0.6) is 0 Å². The van der Waals surface area contributed by atoms with Crippen LogP contribution in [-0.2, 0) is 4.79 Å². The van der Waals surface area contributed by atoms with Crippen molar-refractivity contribution in [1.29, 1.82) is 0 Å². The number of benzene rings is 1. The van der Waals surface area contributed by atoms with E-state index in [2.05, 4.69) is 5.32 Å². The van der Waals surface area contributed by atoms with E-state index in [1.165, 1.54) is 0 Å². The lowest BCUT2D eigenvalue weighted by Gasteiger charge is -2.36. The third-order valence-electron chi connectivity index (χ3n) is 4.90. The van der Waals surface area contributed by atoms with Gasteiger partial charge in [0.1, 0.15) is 5.54 Å². The van der Waals surface area contributed by atoms with Gasteiger partial charge in [0.25, 0.3) is 5.91 Å². The Kier molecular flexibility index (Phi) is 3.72. The van der Waals surface area contributed by atoms with Gasteiger partial charge in [-0.05, 0) is 18.8 Å². The van der Waals surface area contributed by atoms with Crippen molar-refractivity contribution < 1.29 is 14.4 Å². The zero-order valence-corrected chi connectivity index (χ0v) is 12.7. The molecule has 2 atom stereocenters. The van der Waals surface area contributed by atoms with Crippen LogP contribution in [-0.4, -0.2) is 34.7 Å². The molecule has 1 saturated carbocycles. The highest BCUT2D eigenvalue weighted by atomic mass is 16.2. The van der Waals surface area contributed by atoms with Crippen LogP contribution in [0.2, 0.25) is 0 Å². The number of nitrogens with zero attached hydrogens (tertiary/aromatic N) is 1. The number of hydrogen-bond donors (Lipinski definition) is 1. The first-order chi connectivity index (χ1) is 10.5. The Balaban J connectivity index is 1.79. The highest BCUT2D eigenvalue weighted by molar-refractivity contribution is 6.11. The molecule has 1 aliphatic carbocycles. The molecule has 1 N–H and O–H groups in total. The second-order valence-corrected chi connectivity index (χ2v) is 6.23. The first kappa shape index (κ1) is 14.8. The molecule has 5 heteroatoms. The maximum Gasteiger partial charge on any atom is 0.325 e. The second kappa shape index (κ2) is 5.55. The summed E-state index contributed by atoms with van der Waals surface area (Å²) in [5.74, 6) is -0.354. The third-order valence-corrected chi connectivity index (χ3v) is 4.90. The molecule has 1 aromatic rings. The first-order valence-corrected chi connectivity index (χ1v) is 7.77. The maximum absolute atomic E-state index is 12.8. The van der Waals surface area contributed by atoms with Crippen LogP contribution in [0.1, 0.15) is 43.0 Å². The molecule has 1 saturated heterocycles. The Morgan fingerprint density at radius 1 is 1.27 bits per heavy atom. The summed E-state index contributed by atoms with van der Waals surface area (Å²) in [5, 5.41) is 2.86. The average molecular weight is 300 g/mol. The zero-order valence-electron chi connectivity index (χ0n) is 12.7. The summed E-state index contributed by atoms with van der Waals surface area (Å²) in [4.78, 5) is 38.3. The van der Waals surface area contributed by atoms with E-state index in [1.54, 1.807) is 24.3 Å². The van der Waals surface area contributed by atoms with Crippen LogP contribution in [0.3, 0.4) is 0 Å². The van der Waals surface area contributed by atoms with Gasteiger partial charge in [0.15, 0.2) is 5.78 Å². The Morgan fingerprint density at radius 3 is 2.68 bits per heavy atom. The molecule has 1 heterocycles. The predicted octanol–water partition coefficient (Wildman–Crippen LogP) is 2.37. The van der Waals surface area contributed by atoms with Gasteiger partial charge in [0, 0.05) is 5.56 Å².